The van der Waals surface area contributed by atoms with Crippen LogP contribution in [-0.2, 0) is 16.0 Å². The van der Waals surface area contributed by atoms with Crippen LogP contribution in [0, 0.1) is 0 Å². The molecule has 0 aromatic heterocycles. The number of aliphatic carboxylic acids is 1. The topological polar surface area (TPSA) is 86.7 Å². The normalized spacial score (nSPS) is 9.79. The standard InChI is InChI=1S/C13H16N2O4/c1-15(2)11(16)8-14-13(19)10-6-4-3-5-9(10)7-12(17)18/h3-6H,7-8H2,1-2H3,(H,14,19)(H,17,18). The Hall–Kier alpha value is -2.37. The Morgan fingerprint density at radius 2 is 1.84 bits per heavy atom. The average molecular weight is 264 g/mol. The van der Waals surface area contributed by atoms with Crippen molar-refractivity contribution in [2.75, 3.05) is 20.6 Å². The van der Waals surface area contributed by atoms with Crippen molar-refractivity contribution in [1.29, 1.82) is 0 Å². The molecule has 0 bridgehead atoms. The summed E-state index contributed by atoms with van der Waals surface area (Å²) in [6.07, 6.45) is -0.231. The first-order valence-electron chi connectivity index (χ1n) is 5.70. The lowest BCUT2D eigenvalue weighted by molar-refractivity contribution is -0.136. The second kappa shape index (κ2) is 6.53. The minimum atomic E-state index is -1.01. The Kier molecular flexibility index (Phi) is 5.05. The highest BCUT2D eigenvalue weighted by atomic mass is 16.4. The Morgan fingerprint density at radius 1 is 1.21 bits per heavy atom. The molecule has 2 N–H and O–H groups in total. The molecule has 0 aliphatic heterocycles. The number of carboxylic acids is 1. The zero-order valence-corrected chi connectivity index (χ0v) is 10.8. The molecule has 0 radical (unpaired) electrons. The molecule has 19 heavy (non-hydrogen) atoms. The first-order chi connectivity index (χ1) is 8.91. The van der Waals surface area contributed by atoms with Crippen LogP contribution < -0.4 is 5.32 Å². The van der Waals surface area contributed by atoms with Gasteiger partial charge in [0.05, 0.1) is 13.0 Å². The van der Waals surface area contributed by atoms with Crippen LogP contribution in [0.2, 0.25) is 0 Å². The van der Waals surface area contributed by atoms with E-state index in [1.807, 2.05) is 0 Å². The van der Waals surface area contributed by atoms with Crippen molar-refractivity contribution < 1.29 is 19.5 Å². The van der Waals surface area contributed by atoms with Gasteiger partial charge in [-0.25, -0.2) is 0 Å². The maximum Gasteiger partial charge on any atom is 0.307 e. The first-order valence-corrected chi connectivity index (χ1v) is 5.70. The summed E-state index contributed by atoms with van der Waals surface area (Å²) in [6, 6.07) is 6.43. The molecule has 6 nitrogen and oxygen atoms in total. The summed E-state index contributed by atoms with van der Waals surface area (Å²) in [7, 11) is 3.18. The number of benzene rings is 1. The summed E-state index contributed by atoms with van der Waals surface area (Å²) in [6.45, 7) is -0.118. The molecule has 1 aromatic carbocycles. The SMILES string of the molecule is CN(C)C(=O)CNC(=O)c1ccccc1CC(=O)O. The van der Waals surface area contributed by atoms with E-state index in [2.05, 4.69) is 5.32 Å². The highest BCUT2D eigenvalue weighted by Crippen LogP contribution is 2.09. The van der Waals surface area contributed by atoms with Gasteiger partial charge in [0.15, 0.2) is 0 Å². The molecule has 0 saturated heterocycles. The van der Waals surface area contributed by atoms with Gasteiger partial charge < -0.3 is 15.3 Å². The molecule has 6 heteroatoms. The van der Waals surface area contributed by atoms with Crippen molar-refractivity contribution >= 4 is 17.8 Å². The third kappa shape index (κ3) is 4.42. The number of hydrogen-bond acceptors (Lipinski definition) is 3. The van der Waals surface area contributed by atoms with Gasteiger partial charge in [0.25, 0.3) is 5.91 Å². The van der Waals surface area contributed by atoms with Crippen molar-refractivity contribution in [2.45, 2.75) is 6.42 Å². The number of rotatable bonds is 5. The van der Waals surface area contributed by atoms with Crippen LogP contribution in [0.25, 0.3) is 0 Å². The van der Waals surface area contributed by atoms with Crippen molar-refractivity contribution in [3.63, 3.8) is 0 Å². The number of amides is 2. The molecule has 0 saturated carbocycles. The second-order valence-corrected chi connectivity index (χ2v) is 4.20. The van der Waals surface area contributed by atoms with Crippen LogP contribution in [0.4, 0.5) is 0 Å². The molecule has 0 atom stereocenters. The molecule has 0 aliphatic carbocycles. The van der Waals surface area contributed by atoms with Gasteiger partial charge in [-0.15, -0.1) is 0 Å². The van der Waals surface area contributed by atoms with Gasteiger partial charge in [-0.05, 0) is 11.6 Å². The van der Waals surface area contributed by atoms with E-state index in [1.54, 1.807) is 32.3 Å². The molecule has 0 unspecified atom stereocenters. The molecule has 1 rings (SSSR count). The van der Waals surface area contributed by atoms with E-state index in [9.17, 15) is 14.4 Å². The van der Waals surface area contributed by atoms with Crippen LogP contribution in [-0.4, -0.2) is 48.4 Å². The number of carbonyl (C=O) groups excluding carboxylic acids is 2. The number of carbonyl (C=O) groups is 3. The van der Waals surface area contributed by atoms with Crippen LogP contribution in [0.15, 0.2) is 24.3 Å². The van der Waals surface area contributed by atoms with E-state index in [1.165, 1.54) is 11.0 Å². The van der Waals surface area contributed by atoms with Gasteiger partial charge in [-0.2, -0.15) is 0 Å². The second-order valence-electron chi connectivity index (χ2n) is 4.20. The van der Waals surface area contributed by atoms with Gasteiger partial charge in [-0.3, -0.25) is 14.4 Å². The molecular weight excluding hydrogens is 248 g/mol. The molecule has 102 valence electrons. The third-order valence-corrected chi connectivity index (χ3v) is 2.50. The fourth-order valence-corrected chi connectivity index (χ4v) is 1.47. The summed E-state index contributed by atoms with van der Waals surface area (Å²) in [5.41, 5.74) is 0.696. The number of nitrogens with zero attached hydrogens (tertiary/aromatic N) is 1. The number of hydrogen-bond donors (Lipinski definition) is 2. The van der Waals surface area contributed by atoms with E-state index in [0.717, 1.165) is 0 Å². The Morgan fingerprint density at radius 3 is 2.42 bits per heavy atom. The summed E-state index contributed by atoms with van der Waals surface area (Å²) >= 11 is 0. The van der Waals surface area contributed by atoms with E-state index < -0.39 is 11.9 Å². The third-order valence-electron chi connectivity index (χ3n) is 2.50. The summed E-state index contributed by atoms with van der Waals surface area (Å²) in [5, 5.41) is 11.2. The summed E-state index contributed by atoms with van der Waals surface area (Å²) in [4.78, 5) is 35.3. The fraction of sp³-hybridized carbons (Fsp3) is 0.308. The monoisotopic (exact) mass is 264 g/mol. The molecule has 2 amide bonds. The highest BCUT2D eigenvalue weighted by molar-refractivity contribution is 5.98. The molecule has 1 aromatic rings. The van der Waals surface area contributed by atoms with Crippen molar-refractivity contribution in [1.82, 2.24) is 10.2 Å². The molecule has 0 fully saturated rings. The lowest BCUT2D eigenvalue weighted by Gasteiger charge is -2.12. The number of nitrogens with one attached hydrogen (secondary N) is 1. The first kappa shape index (κ1) is 14.7. The minimum Gasteiger partial charge on any atom is -0.481 e. The fourth-order valence-electron chi connectivity index (χ4n) is 1.47. The quantitative estimate of drug-likeness (QED) is 0.791. The molecule has 0 spiro atoms. The smallest absolute Gasteiger partial charge is 0.307 e. The maximum atomic E-state index is 11.9. The zero-order chi connectivity index (χ0) is 14.4. The Balaban J connectivity index is 2.76. The van der Waals surface area contributed by atoms with E-state index >= 15 is 0 Å². The van der Waals surface area contributed by atoms with Gasteiger partial charge in [0.1, 0.15) is 0 Å². The summed E-state index contributed by atoms with van der Waals surface area (Å²) < 4.78 is 0. The van der Waals surface area contributed by atoms with Crippen LogP contribution in [0.5, 0.6) is 0 Å². The summed E-state index contributed by atoms with van der Waals surface area (Å²) in [5.74, 6) is -1.69. The zero-order valence-electron chi connectivity index (χ0n) is 10.8. The number of carboxylic acid groups (broad SMARTS) is 1. The Bertz CT molecular complexity index is 497. The number of likely N-dealkylation sites (N-methyl/N-ethyl adjacent to an activating group) is 1. The van der Waals surface area contributed by atoms with Crippen LogP contribution >= 0.6 is 0 Å². The van der Waals surface area contributed by atoms with Crippen molar-refractivity contribution in [3.8, 4) is 0 Å². The molecular formula is C13H16N2O4. The highest BCUT2D eigenvalue weighted by Gasteiger charge is 2.14. The molecule has 0 heterocycles. The maximum absolute atomic E-state index is 11.9. The lowest BCUT2D eigenvalue weighted by Crippen LogP contribution is -2.36. The van der Waals surface area contributed by atoms with E-state index in [-0.39, 0.29) is 24.4 Å². The average Bonchev–Trinajstić information content (AvgIpc) is 2.35. The predicted molar refractivity (Wildman–Crippen MR) is 68.8 cm³/mol. The van der Waals surface area contributed by atoms with Gasteiger partial charge in [0, 0.05) is 19.7 Å². The lowest BCUT2D eigenvalue weighted by atomic mass is 10.0. The van der Waals surface area contributed by atoms with Crippen LogP contribution in [0.3, 0.4) is 0 Å². The van der Waals surface area contributed by atoms with Crippen LogP contribution in [0.1, 0.15) is 15.9 Å². The van der Waals surface area contributed by atoms with Crippen molar-refractivity contribution in [3.05, 3.63) is 35.4 Å². The van der Waals surface area contributed by atoms with Gasteiger partial charge >= 0.3 is 5.97 Å². The van der Waals surface area contributed by atoms with Gasteiger partial charge in [0.2, 0.25) is 5.91 Å². The van der Waals surface area contributed by atoms with E-state index in [0.29, 0.717) is 5.56 Å². The minimum absolute atomic E-state index is 0.118. The predicted octanol–water partition coefficient (Wildman–Crippen LogP) is 0.132. The van der Waals surface area contributed by atoms with E-state index in [4.69, 9.17) is 5.11 Å². The molecule has 0 aliphatic rings. The van der Waals surface area contributed by atoms with Crippen molar-refractivity contribution in [2.24, 2.45) is 0 Å². The van der Waals surface area contributed by atoms with Gasteiger partial charge in [-0.1, -0.05) is 18.2 Å². The Labute approximate surface area is 111 Å². The largest absolute Gasteiger partial charge is 0.481 e.